The fraction of sp³-hybridized carbons (Fsp3) is 0.263. The minimum absolute atomic E-state index is 0.106. The van der Waals surface area contributed by atoms with Crippen molar-refractivity contribution in [2.75, 3.05) is 12.4 Å². The van der Waals surface area contributed by atoms with Gasteiger partial charge < -0.3 is 10.1 Å². The van der Waals surface area contributed by atoms with E-state index in [4.69, 9.17) is 0 Å². The monoisotopic (exact) mass is 426 g/mol. The summed E-state index contributed by atoms with van der Waals surface area (Å²) in [4.78, 5) is 16.5. The van der Waals surface area contributed by atoms with Gasteiger partial charge in [-0.05, 0) is 23.3 Å². The maximum atomic E-state index is 12.1. The smallest absolute Gasteiger partial charge is 0.367 e. The predicted octanol–water partition coefficient (Wildman–Crippen LogP) is 4.78. The zero-order chi connectivity index (χ0) is 20.0. The second-order valence-electron chi connectivity index (χ2n) is 5.94. The molecule has 1 heterocycles. The van der Waals surface area contributed by atoms with E-state index < -0.39 is 12.8 Å². The van der Waals surface area contributed by atoms with Crippen LogP contribution in [0.3, 0.4) is 0 Å². The van der Waals surface area contributed by atoms with Crippen LogP contribution in [0, 0.1) is 0 Å². The second kappa shape index (κ2) is 9.40. The number of nitrogens with zero attached hydrogens (tertiary/aromatic N) is 1. The molecule has 0 aliphatic carbocycles. The first-order valence-electron chi connectivity index (χ1n) is 8.36. The number of thioether (sulfide) groups is 1. The van der Waals surface area contributed by atoms with Gasteiger partial charge in [-0.15, -0.1) is 11.3 Å². The van der Waals surface area contributed by atoms with Crippen molar-refractivity contribution in [2.45, 2.75) is 23.7 Å². The number of fused-ring (bicyclic) bond motifs is 1. The van der Waals surface area contributed by atoms with E-state index in [2.05, 4.69) is 15.0 Å². The average Bonchev–Trinajstić information content (AvgIpc) is 3.08. The zero-order valence-corrected chi connectivity index (χ0v) is 16.3. The number of benzene rings is 2. The zero-order valence-electron chi connectivity index (χ0n) is 14.7. The van der Waals surface area contributed by atoms with Gasteiger partial charge in [-0.25, -0.2) is 4.98 Å². The lowest BCUT2D eigenvalue weighted by molar-refractivity contribution is -0.176. The summed E-state index contributed by atoms with van der Waals surface area (Å²) in [6.45, 7) is -1.02. The number of hydrogen-bond donors (Lipinski definition) is 1. The molecular weight excluding hydrogens is 409 g/mol. The lowest BCUT2D eigenvalue weighted by Gasteiger charge is -2.08. The molecule has 0 atom stereocenters. The van der Waals surface area contributed by atoms with Crippen molar-refractivity contribution in [2.24, 2.45) is 0 Å². The summed E-state index contributed by atoms with van der Waals surface area (Å²) in [6.07, 6.45) is -4.33. The molecule has 28 heavy (non-hydrogen) atoms. The molecule has 0 saturated carbocycles. The maximum Gasteiger partial charge on any atom is 0.411 e. The van der Waals surface area contributed by atoms with E-state index in [1.54, 1.807) is 35.6 Å². The Kier molecular flexibility index (Phi) is 6.93. The molecule has 0 radical (unpaired) electrons. The Morgan fingerprint density at radius 2 is 1.82 bits per heavy atom. The Morgan fingerprint density at radius 3 is 2.54 bits per heavy atom. The number of thiazole rings is 1. The largest absolute Gasteiger partial charge is 0.411 e. The van der Waals surface area contributed by atoms with Crippen molar-refractivity contribution in [1.29, 1.82) is 0 Å². The molecule has 9 heteroatoms. The van der Waals surface area contributed by atoms with Gasteiger partial charge >= 0.3 is 6.18 Å². The van der Waals surface area contributed by atoms with E-state index in [0.717, 1.165) is 20.1 Å². The van der Waals surface area contributed by atoms with Crippen LogP contribution in [0.15, 0.2) is 52.9 Å². The molecule has 1 N–H and O–H groups in total. The molecule has 3 rings (SSSR count). The van der Waals surface area contributed by atoms with Crippen molar-refractivity contribution in [1.82, 2.24) is 10.3 Å². The number of alkyl halides is 3. The second-order valence-corrected chi connectivity index (χ2v) is 8.19. The van der Waals surface area contributed by atoms with E-state index in [0.29, 0.717) is 12.1 Å². The van der Waals surface area contributed by atoms with Crippen LogP contribution in [0.1, 0.15) is 11.1 Å². The normalized spacial score (nSPS) is 11.7. The predicted molar refractivity (Wildman–Crippen MR) is 104 cm³/mol. The molecule has 148 valence electrons. The molecule has 4 nitrogen and oxygen atoms in total. The molecule has 0 aliphatic heterocycles. The average molecular weight is 426 g/mol. The highest BCUT2D eigenvalue weighted by Crippen LogP contribution is 2.29. The summed E-state index contributed by atoms with van der Waals surface area (Å²) in [7, 11) is 0. The molecule has 3 aromatic rings. The topological polar surface area (TPSA) is 51.2 Å². The number of nitrogens with one attached hydrogen (secondary N) is 1. The number of carbonyl (C=O) groups excluding carboxylic acids is 1. The standard InChI is InChI=1S/C19H17F3N2O2S2/c20-19(21,22)12-26-10-14-7-5-13(6-8-14)9-23-17(25)11-27-18-24-15-3-1-2-4-16(15)28-18/h1-8H,9-12H2,(H,23,25). The number of carbonyl (C=O) groups is 1. The third kappa shape index (κ3) is 6.50. The van der Waals surface area contributed by atoms with Gasteiger partial charge in [0.05, 0.1) is 22.6 Å². The molecule has 0 saturated heterocycles. The first-order chi connectivity index (χ1) is 13.4. The summed E-state index contributed by atoms with van der Waals surface area (Å²) in [5.74, 6) is 0.158. The molecule has 1 amide bonds. The van der Waals surface area contributed by atoms with Crippen LogP contribution in [0.5, 0.6) is 0 Å². The van der Waals surface area contributed by atoms with Gasteiger partial charge in [-0.1, -0.05) is 48.2 Å². The van der Waals surface area contributed by atoms with E-state index in [1.165, 1.54) is 11.8 Å². The third-order valence-electron chi connectivity index (χ3n) is 3.65. The van der Waals surface area contributed by atoms with Crippen LogP contribution < -0.4 is 5.32 Å². The summed E-state index contributed by atoms with van der Waals surface area (Å²) in [5.41, 5.74) is 2.43. The van der Waals surface area contributed by atoms with Gasteiger partial charge in [0.15, 0.2) is 4.34 Å². The molecule has 0 bridgehead atoms. The summed E-state index contributed by atoms with van der Waals surface area (Å²) in [6, 6.07) is 14.7. The first kappa shape index (κ1) is 20.6. The molecule has 0 fully saturated rings. The lowest BCUT2D eigenvalue weighted by atomic mass is 10.1. The minimum Gasteiger partial charge on any atom is -0.367 e. The molecule has 0 unspecified atom stereocenters. The summed E-state index contributed by atoms with van der Waals surface area (Å²) < 4.78 is 42.7. The van der Waals surface area contributed by atoms with Crippen molar-refractivity contribution in [3.05, 3.63) is 59.7 Å². The van der Waals surface area contributed by atoms with Crippen LogP contribution in [-0.2, 0) is 22.7 Å². The lowest BCUT2D eigenvalue weighted by Crippen LogP contribution is -2.24. The Labute approximate surface area is 168 Å². The Hall–Kier alpha value is -2.10. The number of aromatic nitrogens is 1. The van der Waals surface area contributed by atoms with Gasteiger partial charge in [-0.3, -0.25) is 4.79 Å². The molecule has 0 aliphatic rings. The van der Waals surface area contributed by atoms with Crippen LogP contribution >= 0.6 is 23.1 Å². The molecular formula is C19H17F3N2O2S2. The van der Waals surface area contributed by atoms with Crippen LogP contribution in [0.25, 0.3) is 10.2 Å². The Morgan fingerprint density at radius 1 is 1.11 bits per heavy atom. The van der Waals surface area contributed by atoms with Crippen LogP contribution in [0.2, 0.25) is 0 Å². The van der Waals surface area contributed by atoms with Crippen molar-refractivity contribution in [3.63, 3.8) is 0 Å². The van der Waals surface area contributed by atoms with E-state index in [1.807, 2.05) is 24.3 Å². The maximum absolute atomic E-state index is 12.1. The number of para-hydroxylation sites is 1. The SMILES string of the molecule is O=C(CSc1nc2ccccc2s1)NCc1ccc(COCC(F)(F)F)cc1. The van der Waals surface area contributed by atoms with E-state index in [9.17, 15) is 18.0 Å². The Bertz CT molecular complexity index is 894. The number of amides is 1. The molecule has 1 aromatic heterocycles. The first-order valence-corrected chi connectivity index (χ1v) is 10.2. The van der Waals surface area contributed by atoms with Crippen molar-refractivity contribution < 1.29 is 22.7 Å². The molecule has 2 aromatic carbocycles. The van der Waals surface area contributed by atoms with Crippen LogP contribution in [0.4, 0.5) is 13.2 Å². The van der Waals surface area contributed by atoms with Crippen molar-refractivity contribution in [3.8, 4) is 0 Å². The highest BCUT2D eigenvalue weighted by molar-refractivity contribution is 8.01. The number of ether oxygens (including phenoxy) is 1. The number of halogens is 3. The molecule has 0 spiro atoms. The van der Waals surface area contributed by atoms with Gasteiger partial charge in [-0.2, -0.15) is 13.2 Å². The number of rotatable bonds is 8. The highest BCUT2D eigenvalue weighted by atomic mass is 32.2. The van der Waals surface area contributed by atoms with E-state index in [-0.39, 0.29) is 18.3 Å². The van der Waals surface area contributed by atoms with Gasteiger partial charge in [0, 0.05) is 6.54 Å². The van der Waals surface area contributed by atoms with Gasteiger partial charge in [0.1, 0.15) is 6.61 Å². The highest BCUT2D eigenvalue weighted by Gasteiger charge is 2.27. The third-order valence-corrected chi connectivity index (χ3v) is 5.83. The quantitative estimate of drug-likeness (QED) is 0.527. The van der Waals surface area contributed by atoms with E-state index >= 15 is 0 Å². The van der Waals surface area contributed by atoms with Gasteiger partial charge in [0.2, 0.25) is 5.91 Å². The minimum atomic E-state index is -4.33. The summed E-state index contributed by atoms with van der Waals surface area (Å²) >= 11 is 2.94. The van der Waals surface area contributed by atoms with Gasteiger partial charge in [0.25, 0.3) is 0 Å². The fourth-order valence-corrected chi connectivity index (χ4v) is 4.23. The van der Waals surface area contributed by atoms with Crippen molar-refractivity contribution >= 4 is 39.2 Å². The Balaban J connectivity index is 1.40. The number of hydrogen-bond acceptors (Lipinski definition) is 5. The summed E-state index contributed by atoms with van der Waals surface area (Å²) in [5, 5.41) is 2.82. The fourth-order valence-electron chi connectivity index (χ4n) is 2.33. The van der Waals surface area contributed by atoms with Crippen LogP contribution in [-0.4, -0.2) is 29.4 Å².